The van der Waals surface area contributed by atoms with Gasteiger partial charge in [0.05, 0.1) is 0 Å². The second kappa shape index (κ2) is 7.14. The van der Waals surface area contributed by atoms with Gasteiger partial charge in [-0.1, -0.05) is 96.5 Å². The topological polar surface area (TPSA) is 16.4 Å². The van der Waals surface area contributed by atoms with E-state index in [-0.39, 0.29) is 6.85 Å². The molecule has 0 radical (unpaired) electrons. The van der Waals surface area contributed by atoms with Crippen LogP contribution in [0.15, 0.2) is 126 Å². The van der Waals surface area contributed by atoms with Gasteiger partial charge in [-0.15, -0.1) is 0 Å². The molecule has 154 valence electrons. The number of para-hydroxylation sites is 2. The Morgan fingerprint density at radius 3 is 2.09 bits per heavy atom. The summed E-state index contributed by atoms with van der Waals surface area (Å²) < 4.78 is 6.27. The van der Waals surface area contributed by atoms with Crippen molar-refractivity contribution in [1.82, 2.24) is 0 Å². The highest BCUT2D eigenvalue weighted by molar-refractivity contribution is 6.90. The van der Waals surface area contributed by atoms with E-state index in [0.717, 1.165) is 21.9 Å². The van der Waals surface area contributed by atoms with Gasteiger partial charge in [0.25, 0.3) is 0 Å². The van der Waals surface area contributed by atoms with Crippen LogP contribution in [0.3, 0.4) is 0 Å². The summed E-state index contributed by atoms with van der Waals surface area (Å²) in [6.07, 6.45) is 0. The lowest BCUT2D eigenvalue weighted by Gasteiger charge is -2.39. The number of furan rings is 1. The number of hydrogen-bond donors (Lipinski definition) is 0. The van der Waals surface area contributed by atoms with Crippen LogP contribution in [0.1, 0.15) is 0 Å². The highest BCUT2D eigenvalue weighted by Crippen LogP contribution is 2.43. The van der Waals surface area contributed by atoms with Gasteiger partial charge in [0.15, 0.2) is 0 Å². The molecule has 33 heavy (non-hydrogen) atoms. The van der Waals surface area contributed by atoms with Crippen molar-refractivity contribution in [1.29, 1.82) is 0 Å². The summed E-state index contributed by atoms with van der Waals surface area (Å²) in [4.78, 5) is 2.48. The van der Waals surface area contributed by atoms with Crippen molar-refractivity contribution in [3.8, 4) is 11.1 Å². The Bertz CT molecular complexity index is 1620. The van der Waals surface area contributed by atoms with Gasteiger partial charge in [-0.2, -0.15) is 0 Å². The van der Waals surface area contributed by atoms with Crippen LogP contribution >= 0.6 is 0 Å². The van der Waals surface area contributed by atoms with E-state index in [1.165, 1.54) is 33.4 Å². The summed E-state index contributed by atoms with van der Waals surface area (Å²) in [7, 11) is 0. The van der Waals surface area contributed by atoms with Crippen molar-refractivity contribution < 1.29 is 4.42 Å². The quantitative estimate of drug-likeness (QED) is 0.297. The van der Waals surface area contributed by atoms with E-state index in [0.29, 0.717) is 0 Å². The van der Waals surface area contributed by atoms with Gasteiger partial charge in [0, 0.05) is 27.7 Å². The maximum Gasteiger partial charge on any atom is 0.328 e. The Labute approximate surface area is 192 Å². The molecule has 5 aromatic carbocycles. The van der Waals surface area contributed by atoms with Crippen LogP contribution in [0.4, 0.5) is 11.4 Å². The minimum absolute atomic E-state index is 0.0768. The third kappa shape index (κ3) is 2.76. The number of anilines is 2. The van der Waals surface area contributed by atoms with Crippen LogP contribution in [-0.4, -0.2) is 6.85 Å². The maximum absolute atomic E-state index is 6.27. The Kier molecular flexibility index (Phi) is 3.97. The average Bonchev–Trinajstić information content (AvgIpc) is 3.25. The third-order valence-electron chi connectivity index (χ3n) is 6.71. The number of hydrogen-bond acceptors (Lipinski definition) is 2. The lowest BCUT2D eigenvalue weighted by atomic mass is 9.46. The van der Waals surface area contributed by atoms with Gasteiger partial charge in [-0.05, 0) is 41.4 Å². The first-order valence-electron chi connectivity index (χ1n) is 11.3. The number of benzene rings is 5. The molecule has 0 bridgehead atoms. The summed E-state index contributed by atoms with van der Waals surface area (Å²) >= 11 is 0. The van der Waals surface area contributed by atoms with Crippen LogP contribution in [0.5, 0.6) is 0 Å². The predicted molar refractivity (Wildman–Crippen MR) is 139 cm³/mol. The molecule has 0 aliphatic carbocycles. The number of rotatable bonds is 2. The van der Waals surface area contributed by atoms with Gasteiger partial charge >= 0.3 is 6.85 Å². The minimum atomic E-state index is 0.0768. The Morgan fingerprint density at radius 1 is 0.545 bits per heavy atom. The van der Waals surface area contributed by atoms with E-state index >= 15 is 0 Å². The Morgan fingerprint density at radius 2 is 1.24 bits per heavy atom. The van der Waals surface area contributed by atoms with E-state index in [2.05, 4.69) is 114 Å². The van der Waals surface area contributed by atoms with Gasteiger partial charge < -0.3 is 9.23 Å². The van der Waals surface area contributed by atoms with E-state index < -0.39 is 0 Å². The smallest absolute Gasteiger partial charge is 0.328 e. The lowest BCUT2D eigenvalue weighted by Crippen LogP contribution is -2.57. The molecule has 3 heteroatoms. The number of fused-ring (bicyclic) bond motifs is 6. The highest BCUT2D eigenvalue weighted by atomic mass is 16.3. The standard InChI is InChI=1S/C30H20BNO/c1-3-11-21(12-4-1)31-27-17-9-7-15-23(27)25-20-30-26(24-16-8-10-18-29(24)33-30)19-28(25)32(31)22-13-5-2-6-14-22/h1-20H. The zero-order valence-corrected chi connectivity index (χ0v) is 18.0. The van der Waals surface area contributed by atoms with Crippen LogP contribution in [-0.2, 0) is 0 Å². The fourth-order valence-electron chi connectivity index (χ4n) is 5.27. The summed E-state index contributed by atoms with van der Waals surface area (Å²) in [5, 5.41) is 2.30. The molecular weight excluding hydrogens is 401 g/mol. The molecule has 2 nitrogen and oxygen atoms in total. The highest BCUT2D eigenvalue weighted by Gasteiger charge is 2.37. The van der Waals surface area contributed by atoms with Gasteiger partial charge in [0.1, 0.15) is 11.2 Å². The second-order valence-electron chi connectivity index (χ2n) is 8.57. The molecular formula is C30H20BNO. The molecule has 0 saturated heterocycles. The maximum atomic E-state index is 6.27. The predicted octanol–water partition coefficient (Wildman–Crippen LogP) is 6.51. The summed E-state index contributed by atoms with van der Waals surface area (Å²) in [6, 6.07) is 43.1. The summed E-state index contributed by atoms with van der Waals surface area (Å²) in [6.45, 7) is 0.0768. The van der Waals surface area contributed by atoms with Gasteiger partial charge in [-0.3, -0.25) is 0 Å². The van der Waals surface area contributed by atoms with Gasteiger partial charge in [-0.25, -0.2) is 0 Å². The first kappa shape index (κ1) is 18.3. The Hall–Kier alpha value is -4.24. The first-order valence-corrected chi connectivity index (χ1v) is 11.3. The fraction of sp³-hybridized carbons (Fsp3) is 0. The molecule has 0 amide bonds. The molecule has 2 heterocycles. The van der Waals surface area contributed by atoms with Crippen LogP contribution < -0.4 is 15.7 Å². The number of nitrogens with zero attached hydrogens (tertiary/aromatic N) is 1. The Balaban J connectivity index is 1.60. The molecule has 0 fully saturated rings. The molecule has 1 aliphatic heterocycles. The second-order valence-corrected chi connectivity index (χ2v) is 8.57. The first-order chi connectivity index (χ1) is 16.4. The van der Waals surface area contributed by atoms with E-state index in [9.17, 15) is 0 Å². The largest absolute Gasteiger partial charge is 0.456 e. The summed E-state index contributed by atoms with van der Waals surface area (Å²) in [5.41, 5.74) is 9.27. The van der Waals surface area contributed by atoms with Crippen molar-refractivity contribution >= 4 is 51.1 Å². The molecule has 0 saturated carbocycles. The average molecular weight is 421 g/mol. The molecule has 1 aromatic heterocycles. The van der Waals surface area contributed by atoms with Crippen molar-refractivity contribution in [2.75, 3.05) is 4.81 Å². The lowest BCUT2D eigenvalue weighted by molar-refractivity contribution is 0.669. The monoisotopic (exact) mass is 421 g/mol. The molecule has 0 spiro atoms. The zero-order chi connectivity index (χ0) is 21.8. The molecule has 0 unspecified atom stereocenters. The van der Waals surface area contributed by atoms with Crippen molar-refractivity contribution in [3.63, 3.8) is 0 Å². The molecule has 7 rings (SSSR count). The van der Waals surface area contributed by atoms with E-state index in [4.69, 9.17) is 4.42 Å². The normalized spacial score (nSPS) is 12.7. The SMILES string of the molecule is c1ccc(B2c3ccccc3-c3cc4oc5ccccc5c4cc3N2c2ccccc2)cc1. The molecule has 0 N–H and O–H groups in total. The zero-order valence-electron chi connectivity index (χ0n) is 18.0. The van der Waals surface area contributed by atoms with Crippen molar-refractivity contribution in [2.24, 2.45) is 0 Å². The summed E-state index contributed by atoms with van der Waals surface area (Å²) in [5.74, 6) is 0. The fourth-order valence-corrected chi connectivity index (χ4v) is 5.27. The third-order valence-corrected chi connectivity index (χ3v) is 6.71. The molecule has 6 aromatic rings. The van der Waals surface area contributed by atoms with Gasteiger partial charge in [0.2, 0.25) is 0 Å². The minimum Gasteiger partial charge on any atom is -0.456 e. The van der Waals surface area contributed by atoms with Crippen LogP contribution in [0, 0.1) is 0 Å². The van der Waals surface area contributed by atoms with Crippen LogP contribution in [0.25, 0.3) is 33.1 Å². The van der Waals surface area contributed by atoms with Crippen LogP contribution in [0.2, 0.25) is 0 Å². The van der Waals surface area contributed by atoms with E-state index in [1.54, 1.807) is 0 Å². The molecule has 1 aliphatic rings. The molecule has 0 atom stereocenters. The van der Waals surface area contributed by atoms with Crippen molar-refractivity contribution in [3.05, 3.63) is 121 Å². The van der Waals surface area contributed by atoms with E-state index in [1.807, 2.05) is 12.1 Å². The van der Waals surface area contributed by atoms with Crippen molar-refractivity contribution in [2.45, 2.75) is 0 Å².